The van der Waals surface area contributed by atoms with Crippen LogP contribution in [0.5, 0.6) is 0 Å². The van der Waals surface area contributed by atoms with E-state index >= 15 is 0 Å². The lowest BCUT2D eigenvalue weighted by atomic mass is 9.67. The summed E-state index contributed by atoms with van der Waals surface area (Å²) in [5.41, 5.74) is 6.83. The fraction of sp³-hybridized carbons (Fsp3) is 1.00. The number of rotatable bonds is 0. The van der Waals surface area contributed by atoms with Gasteiger partial charge in [-0.1, -0.05) is 20.8 Å². The molecule has 0 aromatic rings. The second-order valence-corrected chi connectivity index (χ2v) is 5.80. The van der Waals surface area contributed by atoms with Crippen LogP contribution in [0.4, 0.5) is 0 Å². The predicted octanol–water partition coefficient (Wildman–Crippen LogP) is 0.570. The van der Waals surface area contributed by atoms with E-state index in [0.717, 1.165) is 6.67 Å². The third kappa shape index (κ3) is 1.60. The Kier molecular flexibility index (Phi) is 1.95. The minimum absolute atomic E-state index is 0.134. The third-order valence-electron chi connectivity index (χ3n) is 3.47. The number of fused-ring (bicyclic) bond motifs is 4. The summed E-state index contributed by atoms with van der Waals surface area (Å²) in [5.74, 6) is 0. The number of nitrogens with zero attached hydrogens (tertiary/aromatic N) is 1. The molecule has 0 aromatic carbocycles. The summed E-state index contributed by atoms with van der Waals surface area (Å²) >= 11 is 0. The van der Waals surface area contributed by atoms with Crippen molar-refractivity contribution in [3.05, 3.63) is 0 Å². The van der Waals surface area contributed by atoms with Gasteiger partial charge in [-0.15, -0.1) is 0 Å². The number of hydrogen-bond donors (Lipinski definition) is 2. The molecule has 3 fully saturated rings. The molecule has 3 nitrogen and oxygen atoms in total. The lowest BCUT2D eigenvalue weighted by Crippen LogP contribution is -2.66. The van der Waals surface area contributed by atoms with Gasteiger partial charge in [0.05, 0.1) is 6.17 Å². The van der Waals surface area contributed by atoms with E-state index < -0.39 is 0 Å². The Balaban J connectivity index is 2.12. The molecule has 0 amide bonds. The van der Waals surface area contributed by atoms with Gasteiger partial charge in [0.2, 0.25) is 0 Å². The van der Waals surface area contributed by atoms with Gasteiger partial charge in [-0.25, -0.2) is 0 Å². The van der Waals surface area contributed by atoms with E-state index in [1.54, 1.807) is 0 Å². The van der Waals surface area contributed by atoms with E-state index in [1.807, 2.05) is 0 Å². The molecule has 0 spiro atoms. The van der Waals surface area contributed by atoms with Crippen LogP contribution in [0.3, 0.4) is 0 Å². The molecule has 3 saturated heterocycles. The summed E-state index contributed by atoms with van der Waals surface area (Å²) in [6.07, 6.45) is 1.36. The lowest BCUT2D eigenvalue weighted by Gasteiger charge is -2.55. The van der Waals surface area contributed by atoms with Gasteiger partial charge < -0.3 is 5.73 Å². The molecule has 3 rings (SSSR count). The first-order valence-electron chi connectivity index (χ1n) is 5.13. The molecule has 0 radical (unpaired) electrons. The van der Waals surface area contributed by atoms with Gasteiger partial charge in [0.25, 0.3) is 0 Å². The van der Waals surface area contributed by atoms with E-state index in [4.69, 9.17) is 5.73 Å². The zero-order valence-corrected chi connectivity index (χ0v) is 8.93. The van der Waals surface area contributed by atoms with Crippen molar-refractivity contribution in [1.29, 1.82) is 0 Å². The zero-order chi connectivity index (χ0) is 9.69. The topological polar surface area (TPSA) is 41.3 Å². The minimum atomic E-state index is 0.134. The average Bonchev–Trinajstić information content (AvgIpc) is 1.93. The maximum atomic E-state index is 6.09. The van der Waals surface area contributed by atoms with Crippen LogP contribution < -0.4 is 11.1 Å². The van der Waals surface area contributed by atoms with Crippen molar-refractivity contribution in [2.24, 2.45) is 16.6 Å². The Morgan fingerprint density at radius 3 is 2.54 bits per heavy atom. The second kappa shape index (κ2) is 2.69. The van der Waals surface area contributed by atoms with Crippen LogP contribution in [0.1, 0.15) is 27.2 Å². The highest BCUT2D eigenvalue weighted by molar-refractivity contribution is 4.99. The van der Waals surface area contributed by atoms with Gasteiger partial charge in [-0.3, -0.25) is 10.2 Å². The standard InChI is InChI=1S/C10H21N3/c1-9(2)4-10(3)5-13(6-10)7-12-8(9)11/h8,12H,4-7,11H2,1-3H3. The minimum Gasteiger partial charge on any atom is -0.315 e. The Bertz CT molecular complexity index is 206. The molecule has 2 bridgehead atoms. The molecule has 1 atom stereocenters. The zero-order valence-electron chi connectivity index (χ0n) is 8.93. The third-order valence-corrected chi connectivity index (χ3v) is 3.47. The van der Waals surface area contributed by atoms with Gasteiger partial charge in [0.1, 0.15) is 0 Å². The van der Waals surface area contributed by atoms with Crippen LogP contribution in [0.15, 0.2) is 0 Å². The molecule has 0 saturated carbocycles. The van der Waals surface area contributed by atoms with Gasteiger partial charge in [0.15, 0.2) is 0 Å². The van der Waals surface area contributed by atoms with E-state index in [0.29, 0.717) is 5.41 Å². The number of nitrogens with two attached hydrogens (primary N) is 1. The van der Waals surface area contributed by atoms with Crippen molar-refractivity contribution in [1.82, 2.24) is 10.2 Å². The molecule has 3 heterocycles. The van der Waals surface area contributed by atoms with Crippen molar-refractivity contribution in [2.75, 3.05) is 19.8 Å². The molecule has 1 unspecified atom stereocenters. The fourth-order valence-electron chi connectivity index (χ4n) is 2.97. The molecule has 0 aromatic heterocycles. The van der Waals surface area contributed by atoms with E-state index in [1.165, 1.54) is 19.5 Å². The van der Waals surface area contributed by atoms with Gasteiger partial charge >= 0.3 is 0 Å². The van der Waals surface area contributed by atoms with E-state index in [-0.39, 0.29) is 11.6 Å². The Hall–Kier alpha value is -0.120. The fourth-order valence-corrected chi connectivity index (χ4v) is 2.97. The van der Waals surface area contributed by atoms with Crippen LogP contribution >= 0.6 is 0 Å². The largest absolute Gasteiger partial charge is 0.315 e. The summed E-state index contributed by atoms with van der Waals surface area (Å²) in [4.78, 5) is 2.43. The highest BCUT2D eigenvalue weighted by Gasteiger charge is 2.46. The number of hydrogen-bond acceptors (Lipinski definition) is 3. The summed E-state index contributed by atoms with van der Waals surface area (Å²) < 4.78 is 0. The smallest absolute Gasteiger partial charge is 0.0609 e. The van der Waals surface area contributed by atoms with Crippen molar-refractivity contribution >= 4 is 0 Å². The maximum Gasteiger partial charge on any atom is 0.0609 e. The molecule has 3 heteroatoms. The van der Waals surface area contributed by atoms with Crippen molar-refractivity contribution in [2.45, 2.75) is 33.4 Å². The molecular weight excluding hydrogens is 162 g/mol. The van der Waals surface area contributed by atoms with Gasteiger partial charge in [0, 0.05) is 19.8 Å². The molecule has 13 heavy (non-hydrogen) atoms. The Morgan fingerprint density at radius 2 is 1.92 bits per heavy atom. The lowest BCUT2D eigenvalue weighted by molar-refractivity contribution is -0.0565. The summed E-state index contributed by atoms with van der Waals surface area (Å²) in [6, 6.07) is 0. The number of nitrogens with one attached hydrogen (secondary N) is 1. The Morgan fingerprint density at radius 1 is 1.31 bits per heavy atom. The normalized spacial score (nSPS) is 48.9. The molecular formula is C10H21N3. The highest BCUT2D eigenvalue weighted by atomic mass is 15.3. The first-order valence-corrected chi connectivity index (χ1v) is 5.13. The molecule has 76 valence electrons. The first kappa shape index (κ1) is 9.44. The first-order chi connectivity index (χ1) is 5.91. The molecule has 3 aliphatic rings. The average molecular weight is 183 g/mol. The summed E-state index contributed by atoms with van der Waals surface area (Å²) in [6.45, 7) is 10.3. The summed E-state index contributed by atoms with van der Waals surface area (Å²) in [5, 5.41) is 3.38. The van der Waals surface area contributed by atoms with Crippen LogP contribution in [0.25, 0.3) is 0 Å². The van der Waals surface area contributed by atoms with Crippen molar-refractivity contribution < 1.29 is 0 Å². The van der Waals surface area contributed by atoms with Gasteiger partial charge in [-0.2, -0.15) is 0 Å². The van der Waals surface area contributed by atoms with Crippen molar-refractivity contribution in [3.63, 3.8) is 0 Å². The highest BCUT2D eigenvalue weighted by Crippen LogP contribution is 2.42. The van der Waals surface area contributed by atoms with Crippen LogP contribution in [0.2, 0.25) is 0 Å². The molecule has 0 aliphatic carbocycles. The SMILES string of the molecule is CC12CN(CNC(N)C(C)(C)C1)C2. The summed E-state index contributed by atoms with van der Waals surface area (Å²) in [7, 11) is 0. The predicted molar refractivity (Wildman–Crippen MR) is 54.1 cm³/mol. The molecule has 3 aliphatic heterocycles. The monoisotopic (exact) mass is 183 g/mol. The van der Waals surface area contributed by atoms with E-state index in [9.17, 15) is 0 Å². The second-order valence-electron chi connectivity index (χ2n) is 5.80. The quantitative estimate of drug-likeness (QED) is 0.577. The van der Waals surface area contributed by atoms with Crippen LogP contribution in [-0.2, 0) is 0 Å². The van der Waals surface area contributed by atoms with Gasteiger partial charge in [-0.05, 0) is 17.3 Å². The Labute approximate surface area is 80.7 Å². The molecule has 3 N–H and O–H groups in total. The maximum absolute atomic E-state index is 6.09. The van der Waals surface area contributed by atoms with Crippen molar-refractivity contribution in [3.8, 4) is 0 Å². The van der Waals surface area contributed by atoms with Crippen LogP contribution in [0, 0.1) is 10.8 Å². The van der Waals surface area contributed by atoms with E-state index in [2.05, 4.69) is 31.0 Å². The van der Waals surface area contributed by atoms with Crippen LogP contribution in [-0.4, -0.2) is 30.8 Å².